The molecule has 0 aromatic heterocycles. The quantitative estimate of drug-likeness (QED) is 0.422. The van der Waals surface area contributed by atoms with Gasteiger partial charge in [-0.25, -0.2) is 26.3 Å². The second kappa shape index (κ2) is 7.92. The maximum atomic E-state index is 12.0. The average Bonchev–Trinajstić information content (AvgIpc) is 2.33. The van der Waals surface area contributed by atoms with Gasteiger partial charge in [0.2, 0.25) is 0 Å². The molecule has 0 atom stereocenters. The first kappa shape index (κ1) is 19.3. The van der Waals surface area contributed by atoms with E-state index in [1.807, 2.05) is 0 Å². The smallest absolute Gasteiger partial charge is 0.872 e. The SMILES string of the molecule is [O-]c1cc(F)c(F)c(F)c1.[O-]c1cc(F)c(F)c(F)c1.[Pt+2]. The summed E-state index contributed by atoms with van der Waals surface area (Å²) in [5.41, 5.74) is 0. The fraction of sp³-hybridized carbons (Fsp3) is 0. The first-order valence-corrected chi connectivity index (χ1v) is 4.85. The second-order valence-corrected chi connectivity index (χ2v) is 3.40. The van der Waals surface area contributed by atoms with E-state index in [1.54, 1.807) is 0 Å². The Morgan fingerprint density at radius 1 is 0.524 bits per heavy atom. The van der Waals surface area contributed by atoms with E-state index in [9.17, 15) is 36.6 Å². The molecular weight excluding hydrogens is 485 g/mol. The molecule has 0 saturated heterocycles. The molecular formula is C12H4F6O2Pt. The summed E-state index contributed by atoms with van der Waals surface area (Å²) in [5, 5.41) is 20.4. The van der Waals surface area contributed by atoms with Crippen molar-refractivity contribution in [2.45, 2.75) is 0 Å². The third kappa shape index (κ3) is 5.30. The van der Waals surface area contributed by atoms with Crippen molar-refractivity contribution >= 4 is 0 Å². The zero-order valence-corrected chi connectivity index (χ0v) is 12.0. The van der Waals surface area contributed by atoms with Gasteiger partial charge in [-0.15, -0.1) is 11.5 Å². The summed E-state index contributed by atoms with van der Waals surface area (Å²) in [7, 11) is 0. The van der Waals surface area contributed by atoms with Gasteiger partial charge in [0.05, 0.1) is 0 Å². The summed E-state index contributed by atoms with van der Waals surface area (Å²) in [6, 6.07) is 1.55. The average molecular weight is 489 g/mol. The van der Waals surface area contributed by atoms with Crippen molar-refractivity contribution < 1.29 is 57.6 Å². The molecule has 0 spiro atoms. The standard InChI is InChI=1S/2C6H3F3O.Pt/c2*7-4-1-3(10)2-5(8)6(4)9;/h2*1-2,10H;/q;;+2/p-2. The van der Waals surface area contributed by atoms with Gasteiger partial charge in [-0.2, -0.15) is 0 Å². The predicted molar refractivity (Wildman–Crippen MR) is 51.5 cm³/mol. The van der Waals surface area contributed by atoms with Crippen LogP contribution in [0.25, 0.3) is 0 Å². The fourth-order valence-electron chi connectivity index (χ4n) is 1.06. The molecule has 0 radical (unpaired) electrons. The van der Waals surface area contributed by atoms with Gasteiger partial charge < -0.3 is 10.2 Å². The van der Waals surface area contributed by atoms with Crippen molar-refractivity contribution in [3.63, 3.8) is 0 Å². The Morgan fingerprint density at radius 3 is 0.905 bits per heavy atom. The van der Waals surface area contributed by atoms with Crippen LogP contribution in [0.5, 0.6) is 11.5 Å². The topological polar surface area (TPSA) is 46.1 Å². The largest absolute Gasteiger partial charge is 2.00 e. The summed E-state index contributed by atoms with van der Waals surface area (Å²) >= 11 is 0. The Morgan fingerprint density at radius 2 is 0.714 bits per heavy atom. The minimum Gasteiger partial charge on any atom is -0.872 e. The van der Waals surface area contributed by atoms with Crippen LogP contribution in [-0.4, -0.2) is 0 Å². The maximum absolute atomic E-state index is 12.0. The molecule has 2 aromatic carbocycles. The Labute approximate surface area is 128 Å². The van der Waals surface area contributed by atoms with E-state index in [2.05, 4.69) is 0 Å². The van der Waals surface area contributed by atoms with Crippen molar-refractivity contribution in [1.82, 2.24) is 0 Å². The molecule has 0 aliphatic rings. The van der Waals surface area contributed by atoms with Gasteiger partial charge in [0.25, 0.3) is 0 Å². The first-order valence-electron chi connectivity index (χ1n) is 4.85. The fourth-order valence-corrected chi connectivity index (χ4v) is 1.06. The van der Waals surface area contributed by atoms with E-state index in [-0.39, 0.29) is 21.1 Å². The minimum atomic E-state index is -1.61. The van der Waals surface area contributed by atoms with Crippen LogP contribution >= 0.6 is 0 Å². The van der Waals surface area contributed by atoms with E-state index < -0.39 is 46.4 Å². The van der Waals surface area contributed by atoms with Crippen molar-refractivity contribution in [2.24, 2.45) is 0 Å². The summed E-state index contributed by atoms with van der Waals surface area (Å²) < 4.78 is 72.1. The number of hydrogen-bond donors (Lipinski definition) is 0. The van der Waals surface area contributed by atoms with Crippen molar-refractivity contribution in [2.75, 3.05) is 0 Å². The summed E-state index contributed by atoms with van der Waals surface area (Å²) in [6.45, 7) is 0. The molecule has 0 amide bonds. The van der Waals surface area contributed by atoms with Crippen LogP contribution in [0, 0.1) is 34.9 Å². The molecule has 0 bridgehead atoms. The summed E-state index contributed by atoms with van der Waals surface area (Å²) in [6.07, 6.45) is 0. The minimum absolute atomic E-state index is 0. The van der Waals surface area contributed by atoms with Crippen LogP contribution < -0.4 is 10.2 Å². The molecule has 116 valence electrons. The Hall–Kier alpha value is -1.69. The maximum Gasteiger partial charge on any atom is 2.00 e. The van der Waals surface area contributed by atoms with Gasteiger partial charge >= 0.3 is 21.1 Å². The molecule has 0 unspecified atom stereocenters. The van der Waals surface area contributed by atoms with Crippen LogP contribution in [0.4, 0.5) is 26.3 Å². The molecule has 0 N–H and O–H groups in total. The van der Waals surface area contributed by atoms with Gasteiger partial charge in [0.15, 0.2) is 34.9 Å². The Balaban J connectivity index is 0.000000364. The van der Waals surface area contributed by atoms with E-state index in [0.717, 1.165) is 0 Å². The number of rotatable bonds is 0. The first-order chi connectivity index (χ1) is 9.22. The van der Waals surface area contributed by atoms with Gasteiger partial charge in [0, 0.05) is 0 Å². The zero-order chi connectivity index (χ0) is 15.4. The normalized spacial score (nSPS) is 9.43. The van der Waals surface area contributed by atoms with Gasteiger partial charge in [0.1, 0.15) is 0 Å². The monoisotopic (exact) mass is 489 g/mol. The molecule has 2 aromatic rings. The number of hydrogen-bond acceptors (Lipinski definition) is 2. The second-order valence-electron chi connectivity index (χ2n) is 3.40. The third-order valence-corrected chi connectivity index (χ3v) is 1.91. The molecule has 0 heterocycles. The summed E-state index contributed by atoms with van der Waals surface area (Å²) in [5.74, 6) is -10.8. The third-order valence-electron chi connectivity index (χ3n) is 1.91. The number of benzene rings is 2. The van der Waals surface area contributed by atoms with E-state index >= 15 is 0 Å². The Bertz CT molecular complexity index is 534. The van der Waals surface area contributed by atoms with Gasteiger partial charge in [-0.1, -0.05) is 0 Å². The van der Waals surface area contributed by atoms with Gasteiger partial charge in [-0.3, -0.25) is 0 Å². The molecule has 21 heavy (non-hydrogen) atoms. The zero-order valence-electron chi connectivity index (χ0n) is 9.71. The summed E-state index contributed by atoms with van der Waals surface area (Å²) in [4.78, 5) is 0. The molecule has 9 heteroatoms. The van der Waals surface area contributed by atoms with Crippen LogP contribution in [0.2, 0.25) is 0 Å². The van der Waals surface area contributed by atoms with Crippen molar-refractivity contribution in [3.05, 3.63) is 59.2 Å². The van der Waals surface area contributed by atoms with Crippen LogP contribution in [0.15, 0.2) is 24.3 Å². The molecule has 0 saturated carbocycles. The van der Waals surface area contributed by atoms with Crippen molar-refractivity contribution in [1.29, 1.82) is 0 Å². The molecule has 0 aliphatic carbocycles. The molecule has 2 rings (SSSR count). The van der Waals surface area contributed by atoms with Gasteiger partial charge in [-0.05, 0) is 24.3 Å². The molecule has 2 nitrogen and oxygen atoms in total. The predicted octanol–water partition coefficient (Wildman–Crippen LogP) is 2.35. The Kier molecular flexibility index (Phi) is 7.29. The van der Waals surface area contributed by atoms with E-state index in [4.69, 9.17) is 0 Å². The van der Waals surface area contributed by atoms with E-state index in [0.29, 0.717) is 24.3 Å². The van der Waals surface area contributed by atoms with Crippen LogP contribution in [-0.2, 0) is 21.1 Å². The molecule has 0 fully saturated rings. The van der Waals surface area contributed by atoms with E-state index in [1.165, 1.54) is 0 Å². The van der Waals surface area contributed by atoms with Crippen LogP contribution in [0.3, 0.4) is 0 Å². The van der Waals surface area contributed by atoms with Crippen molar-refractivity contribution in [3.8, 4) is 11.5 Å². The number of halogens is 6. The van der Waals surface area contributed by atoms with Crippen LogP contribution in [0.1, 0.15) is 0 Å². The molecule has 0 aliphatic heterocycles.